The molecular weight excluding hydrogens is 444 g/mol. The second kappa shape index (κ2) is 8.61. The van der Waals surface area contributed by atoms with E-state index in [0.717, 1.165) is 35.3 Å². The first kappa shape index (κ1) is 20.0. The van der Waals surface area contributed by atoms with E-state index in [0.29, 0.717) is 31.3 Å². The number of carbonyl (C=O) groups is 1. The van der Waals surface area contributed by atoms with Gasteiger partial charge in [-0.3, -0.25) is 9.69 Å². The predicted molar refractivity (Wildman–Crippen MR) is 110 cm³/mol. The Bertz CT molecular complexity index is 808. The van der Waals surface area contributed by atoms with Crippen molar-refractivity contribution < 1.29 is 14.1 Å². The molecule has 4 rings (SSSR count). The average molecular weight is 469 g/mol. The molecule has 7 nitrogen and oxygen atoms in total. The van der Waals surface area contributed by atoms with Crippen LogP contribution in [0.5, 0.6) is 0 Å². The summed E-state index contributed by atoms with van der Waals surface area (Å²) in [5.41, 5.74) is 0. The lowest BCUT2D eigenvalue weighted by molar-refractivity contribution is -0.149. The number of carbonyl (C=O) groups excluding carboxylic acids is 1. The number of amides is 1. The topological polar surface area (TPSA) is 71.7 Å². The molecule has 9 heteroatoms. The minimum Gasteiger partial charge on any atom is -0.372 e. The van der Waals surface area contributed by atoms with Gasteiger partial charge in [-0.25, -0.2) is 0 Å². The number of hydrogen-bond donors (Lipinski definition) is 0. The molecule has 1 amide bonds. The van der Waals surface area contributed by atoms with E-state index < -0.39 is 0 Å². The second-order valence-corrected chi connectivity index (χ2v) is 9.52. The summed E-state index contributed by atoms with van der Waals surface area (Å²) in [5.74, 6) is 1.65. The predicted octanol–water partition coefficient (Wildman–Crippen LogP) is 3.41. The van der Waals surface area contributed by atoms with Crippen LogP contribution in [0, 0.1) is 5.92 Å². The highest BCUT2D eigenvalue weighted by Gasteiger charge is 2.32. The Morgan fingerprint density at radius 3 is 2.64 bits per heavy atom. The highest BCUT2D eigenvalue weighted by molar-refractivity contribution is 9.10. The van der Waals surface area contributed by atoms with E-state index in [2.05, 4.69) is 31.0 Å². The highest BCUT2D eigenvalue weighted by atomic mass is 79.9. The molecule has 2 aliphatic rings. The number of piperidine rings is 1. The van der Waals surface area contributed by atoms with Gasteiger partial charge in [0.05, 0.1) is 23.6 Å². The van der Waals surface area contributed by atoms with Gasteiger partial charge in [-0.05, 0) is 61.8 Å². The van der Waals surface area contributed by atoms with Crippen LogP contribution in [-0.2, 0) is 16.1 Å². The zero-order valence-electron chi connectivity index (χ0n) is 16.1. The Morgan fingerprint density at radius 1 is 1.29 bits per heavy atom. The first-order valence-electron chi connectivity index (χ1n) is 9.71. The molecule has 0 radical (unpaired) electrons. The van der Waals surface area contributed by atoms with E-state index in [1.807, 2.05) is 30.2 Å². The monoisotopic (exact) mass is 468 g/mol. The summed E-state index contributed by atoms with van der Waals surface area (Å²) >= 11 is 5.03. The van der Waals surface area contributed by atoms with Gasteiger partial charge in [0.1, 0.15) is 0 Å². The summed E-state index contributed by atoms with van der Waals surface area (Å²) in [4.78, 5) is 22.7. The third-order valence-corrected chi connectivity index (χ3v) is 6.97. The van der Waals surface area contributed by atoms with Crippen LogP contribution >= 0.6 is 27.3 Å². The van der Waals surface area contributed by atoms with Gasteiger partial charge >= 0.3 is 0 Å². The van der Waals surface area contributed by atoms with Crippen molar-refractivity contribution in [3.8, 4) is 10.7 Å². The lowest BCUT2D eigenvalue weighted by atomic mass is 9.94. The number of rotatable bonds is 4. The molecule has 0 aliphatic carbocycles. The summed E-state index contributed by atoms with van der Waals surface area (Å²) in [7, 11) is 0. The fourth-order valence-corrected chi connectivity index (χ4v) is 5.35. The Kier molecular flexibility index (Phi) is 6.15. The average Bonchev–Trinajstić information content (AvgIpc) is 3.30. The number of morpholine rings is 1. The molecule has 2 aliphatic heterocycles. The van der Waals surface area contributed by atoms with Crippen LogP contribution in [0.25, 0.3) is 10.7 Å². The third kappa shape index (κ3) is 4.64. The van der Waals surface area contributed by atoms with E-state index >= 15 is 0 Å². The zero-order chi connectivity index (χ0) is 19.7. The minimum absolute atomic E-state index is 0.107. The van der Waals surface area contributed by atoms with Crippen molar-refractivity contribution in [2.75, 3.05) is 26.2 Å². The van der Waals surface area contributed by atoms with Gasteiger partial charge in [0.15, 0.2) is 0 Å². The molecule has 152 valence electrons. The molecule has 2 aromatic heterocycles. The van der Waals surface area contributed by atoms with Crippen molar-refractivity contribution in [2.24, 2.45) is 5.92 Å². The Hall–Kier alpha value is -1.29. The molecule has 2 unspecified atom stereocenters. The highest BCUT2D eigenvalue weighted by Crippen LogP contribution is 2.28. The van der Waals surface area contributed by atoms with Gasteiger partial charge in [0, 0.05) is 28.9 Å². The van der Waals surface area contributed by atoms with Crippen molar-refractivity contribution in [1.82, 2.24) is 19.9 Å². The summed E-state index contributed by atoms with van der Waals surface area (Å²) in [6, 6.07) is 1.99. The fourth-order valence-electron chi connectivity index (χ4n) is 3.99. The Labute approximate surface area is 177 Å². The van der Waals surface area contributed by atoms with Crippen LogP contribution in [0.1, 0.15) is 32.6 Å². The molecule has 4 heterocycles. The lowest BCUT2D eigenvalue weighted by Crippen LogP contribution is -2.51. The van der Waals surface area contributed by atoms with E-state index in [1.165, 1.54) is 0 Å². The van der Waals surface area contributed by atoms with Crippen LogP contribution in [0.2, 0.25) is 0 Å². The van der Waals surface area contributed by atoms with Gasteiger partial charge in [-0.2, -0.15) is 4.98 Å². The normalized spacial score (nSPS) is 24.6. The SMILES string of the molecule is CC1CN(C(=O)C2CCN(Cc3nc(-c4cc(Br)cs4)no3)CC2)CC(C)O1. The fraction of sp³-hybridized carbons (Fsp3) is 0.632. The third-order valence-electron chi connectivity index (χ3n) is 5.28. The van der Waals surface area contributed by atoms with Crippen molar-refractivity contribution in [3.63, 3.8) is 0 Å². The smallest absolute Gasteiger partial charge is 0.241 e. The van der Waals surface area contributed by atoms with E-state index in [1.54, 1.807) is 11.3 Å². The molecule has 2 atom stereocenters. The number of hydrogen-bond acceptors (Lipinski definition) is 7. The van der Waals surface area contributed by atoms with Crippen molar-refractivity contribution in [1.29, 1.82) is 0 Å². The molecule has 0 spiro atoms. The van der Waals surface area contributed by atoms with Crippen molar-refractivity contribution in [2.45, 2.75) is 45.4 Å². The van der Waals surface area contributed by atoms with Gasteiger partial charge < -0.3 is 14.2 Å². The molecule has 2 aromatic rings. The van der Waals surface area contributed by atoms with Gasteiger partial charge in [-0.1, -0.05) is 5.16 Å². The van der Waals surface area contributed by atoms with E-state index in [4.69, 9.17) is 9.26 Å². The summed E-state index contributed by atoms with van der Waals surface area (Å²) in [5, 5.41) is 6.09. The second-order valence-electron chi connectivity index (χ2n) is 7.69. The maximum Gasteiger partial charge on any atom is 0.241 e. The van der Waals surface area contributed by atoms with Crippen molar-refractivity contribution in [3.05, 3.63) is 21.8 Å². The summed E-state index contributed by atoms with van der Waals surface area (Å²) < 4.78 is 12.2. The maximum absolute atomic E-state index is 12.9. The minimum atomic E-state index is 0.107. The Morgan fingerprint density at radius 2 is 2.00 bits per heavy atom. The van der Waals surface area contributed by atoms with Gasteiger partial charge in [-0.15, -0.1) is 11.3 Å². The van der Waals surface area contributed by atoms with E-state index in [9.17, 15) is 4.79 Å². The number of aromatic nitrogens is 2. The van der Waals surface area contributed by atoms with Crippen LogP contribution in [0.3, 0.4) is 0 Å². The number of halogens is 1. The molecule has 0 aromatic carbocycles. The molecule has 28 heavy (non-hydrogen) atoms. The van der Waals surface area contributed by atoms with Crippen LogP contribution in [0.15, 0.2) is 20.4 Å². The standard InChI is InChI=1S/C19H25BrN4O3S/c1-12-8-24(9-13(2)26-12)19(25)14-3-5-23(6-4-14)10-17-21-18(22-27-17)16-7-15(20)11-28-16/h7,11-14H,3-6,8-10H2,1-2H3. The first-order chi connectivity index (χ1) is 13.5. The summed E-state index contributed by atoms with van der Waals surface area (Å²) in [6.07, 6.45) is 1.97. The molecule has 2 saturated heterocycles. The molecule has 0 saturated carbocycles. The number of ether oxygens (including phenoxy) is 1. The Balaban J connectivity index is 1.29. The lowest BCUT2D eigenvalue weighted by Gasteiger charge is -2.39. The van der Waals surface area contributed by atoms with Gasteiger partial charge in [0.2, 0.25) is 17.6 Å². The van der Waals surface area contributed by atoms with Crippen LogP contribution < -0.4 is 0 Å². The first-order valence-corrected chi connectivity index (χ1v) is 11.4. The molecule has 0 N–H and O–H groups in total. The zero-order valence-corrected chi connectivity index (χ0v) is 18.5. The van der Waals surface area contributed by atoms with Crippen molar-refractivity contribution >= 4 is 33.2 Å². The molecular formula is C19H25BrN4O3S. The quantitative estimate of drug-likeness (QED) is 0.684. The van der Waals surface area contributed by atoms with Gasteiger partial charge in [0.25, 0.3) is 0 Å². The van der Waals surface area contributed by atoms with Crippen LogP contribution in [0.4, 0.5) is 0 Å². The summed E-state index contributed by atoms with van der Waals surface area (Å²) in [6.45, 7) is 7.84. The number of nitrogens with zero attached hydrogens (tertiary/aromatic N) is 4. The molecule has 2 fully saturated rings. The molecule has 0 bridgehead atoms. The van der Waals surface area contributed by atoms with Crippen LogP contribution in [-0.4, -0.2) is 64.2 Å². The van der Waals surface area contributed by atoms with E-state index in [-0.39, 0.29) is 24.0 Å². The maximum atomic E-state index is 12.9. The number of likely N-dealkylation sites (tertiary alicyclic amines) is 1. The number of thiophene rings is 1. The largest absolute Gasteiger partial charge is 0.372 e.